The molecule has 5 rings (SSSR count). The Morgan fingerprint density at radius 2 is 2.12 bits per heavy atom. The first-order valence-corrected chi connectivity index (χ1v) is 8.48. The topological polar surface area (TPSA) is 86.6 Å². The summed E-state index contributed by atoms with van der Waals surface area (Å²) in [4.78, 5) is 12.4. The van der Waals surface area contributed by atoms with Crippen molar-refractivity contribution in [1.82, 2.24) is 20.3 Å². The third-order valence-electron chi connectivity index (χ3n) is 5.27. The SMILES string of the molecule is Cc1nc(-c2c[nH]c3c(C#N)cccc23)cnc1OC1C2CNCC21. The number of aromatic nitrogens is 3. The Balaban J connectivity index is 1.47. The van der Waals surface area contributed by atoms with E-state index in [0.717, 1.165) is 40.9 Å². The number of hydrogen-bond donors (Lipinski definition) is 2. The number of aryl methyl sites for hydroxylation is 1. The number of nitrogens with one attached hydrogen (secondary N) is 2. The number of H-pyrrole nitrogens is 1. The number of fused-ring (bicyclic) bond motifs is 2. The molecule has 1 aromatic carbocycles. The van der Waals surface area contributed by atoms with Crippen LogP contribution in [0.5, 0.6) is 5.88 Å². The van der Waals surface area contributed by atoms with E-state index in [1.165, 1.54) is 0 Å². The van der Waals surface area contributed by atoms with Crippen molar-refractivity contribution < 1.29 is 4.74 Å². The van der Waals surface area contributed by atoms with Gasteiger partial charge in [0.05, 0.1) is 23.0 Å². The van der Waals surface area contributed by atoms with Crippen molar-refractivity contribution in [3.05, 3.63) is 41.9 Å². The first-order valence-electron chi connectivity index (χ1n) is 8.48. The van der Waals surface area contributed by atoms with Crippen LogP contribution < -0.4 is 10.1 Å². The van der Waals surface area contributed by atoms with Crippen LogP contribution in [0, 0.1) is 30.1 Å². The van der Waals surface area contributed by atoms with Crippen molar-refractivity contribution in [1.29, 1.82) is 5.26 Å². The maximum Gasteiger partial charge on any atom is 0.235 e. The molecule has 2 fully saturated rings. The van der Waals surface area contributed by atoms with Crippen LogP contribution in [0.4, 0.5) is 0 Å². The van der Waals surface area contributed by atoms with Gasteiger partial charge in [-0.25, -0.2) is 9.97 Å². The van der Waals surface area contributed by atoms with Crippen LogP contribution in [-0.4, -0.2) is 34.1 Å². The van der Waals surface area contributed by atoms with Crippen LogP contribution in [0.15, 0.2) is 30.6 Å². The maximum absolute atomic E-state index is 9.23. The highest BCUT2D eigenvalue weighted by Crippen LogP contribution is 2.44. The number of aromatic amines is 1. The summed E-state index contributed by atoms with van der Waals surface area (Å²) in [6.45, 7) is 4.00. The zero-order valence-electron chi connectivity index (χ0n) is 13.8. The molecule has 2 aliphatic rings. The van der Waals surface area contributed by atoms with Crippen molar-refractivity contribution in [3.63, 3.8) is 0 Å². The lowest BCUT2D eigenvalue weighted by molar-refractivity contribution is 0.248. The normalized spacial score (nSPS) is 24.1. The fourth-order valence-corrected chi connectivity index (χ4v) is 3.84. The summed E-state index contributed by atoms with van der Waals surface area (Å²) < 4.78 is 6.05. The van der Waals surface area contributed by atoms with E-state index >= 15 is 0 Å². The first kappa shape index (κ1) is 14.4. The van der Waals surface area contributed by atoms with Gasteiger partial charge in [0.15, 0.2) is 0 Å². The average Bonchev–Trinajstić information content (AvgIpc) is 3.01. The Morgan fingerprint density at radius 3 is 2.88 bits per heavy atom. The molecule has 1 aliphatic carbocycles. The molecule has 6 nitrogen and oxygen atoms in total. The first-order chi connectivity index (χ1) is 12.3. The van der Waals surface area contributed by atoms with Gasteiger partial charge in [-0.15, -0.1) is 0 Å². The standard InChI is InChI=1S/C19H17N5O/c1-10-19(25-18-14-6-21-7-15(14)18)23-9-16(24-10)13-8-22-17-11(5-20)3-2-4-12(13)17/h2-4,8-9,14-15,18,21-22H,6-7H2,1H3. The Morgan fingerprint density at radius 1 is 1.28 bits per heavy atom. The molecule has 3 heterocycles. The fraction of sp³-hybridized carbons (Fsp3) is 0.316. The smallest absolute Gasteiger partial charge is 0.235 e. The molecule has 0 amide bonds. The molecule has 1 saturated heterocycles. The minimum atomic E-state index is 0.284. The minimum absolute atomic E-state index is 0.284. The molecule has 0 radical (unpaired) electrons. The third kappa shape index (κ3) is 2.20. The van der Waals surface area contributed by atoms with Crippen molar-refractivity contribution >= 4 is 10.9 Å². The number of hydrogen-bond acceptors (Lipinski definition) is 5. The monoisotopic (exact) mass is 331 g/mol. The summed E-state index contributed by atoms with van der Waals surface area (Å²) in [5.74, 6) is 1.87. The van der Waals surface area contributed by atoms with Crippen molar-refractivity contribution in [2.45, 2.75) is 13.0 Å². The van der Waals surface area contributed by atoms with Crippen LogP contribution in [0.3, 0.4) is 0 Å². The Kier molecular flexibility index (Phi) is 3.06. The van der Waals surface area contributed by atoms with E-state index in [1.807, 2.05) is 25.3 Å². The van der Waals surface area contributed by atoms with Crippen LogP contribution in [0.25, 0.3) is 22.2 Å². The molecule has 25 heavy (non-hydrogen) atoms. The summed E-state index contributed by atoms with van der Waals surface area (Å²) in [5, 5.41) is 13.6. The molecule has 2 atom stereocenters. The third-order valence-corrected chi connectivity index (χ3v) is 5.27. The fourth-order valence-electron chi connectivity index (χ4n) is 3.84. The van der Waals surface area contributed by atoms with E-state index in [-0.39, 0.29) is 6.10 Å². The molecule has 1 saturated carbocycles. The number of ether oxygens (including phenoxy) is 1. The van der Waals surface area contributed by atoms with E-state index in [1.54, 1.807) is 12.3 Å². The highest BCUT2D eigenvalue weighted by atomic mass is 16.5. The van der Waals surface area contributed by atoms with E-state index < -0.39 is 0 Å². The van der Waals surface area contributed by atoms with Gasteiger partial charge in [0, 0.05) is 42.1 Å². The second-order valence-electron chi connectivity index (χ2n) is 6.76. The van der Waals surface area contributed by atoms with Gasteiger partial charge in [0.25, 0.3) is 0 Å². The van der Waals surface area contributed by atoms with Gasteiger partial charge in [-0.05, 0) is 13.0 Å². The second kappa shape index (κ2) is 5.30. The molecule has 3 aromatic rings. The number of piperidine rings is 1. The van der Waals surface area contributed by atoms with Gasteiger partial charge in [-0.1, -0.05) is 12.1 Å². The molecular weight excluding hydrogens is 314 g/mol. The molecule has 0 bridgehead atoms. The summed E-state index contributed by atoms with van der Waals surface area (Å²) in [7, 11) is 0. The zero-order chi connectivity index (χ0) is 17.0. The number of benzene rings is 1. The molecule has 2 unspecified atom stereocenters. The second-order valence-corrected chi connectivity index (χ2v) is 6.76. The van der Waals surface area contributed by atoms with E-state index in [4.69, 9.17) is 4.74 Å². The van der Waals surface area contributed by atoms with Crippen LogP contribution in [0.1, 0.15) is 11.3 Å². The van der Waals surface area contributed by atoms with E-state index in [2.05, 4.69) is 26.3 Å². The van der Waals surface area contributed by atoms with E-state index in [0.29, 0.717) is 23.3 Å². The Labute approximate surface area is 144 Å². The Hall–Kier alpha value is -2.91. The van der Waals surface area contributed by atoms with Crippen LogP contribution >= 0.6 is 0 Å². The average molecular weight is 331 g/mol. The number of nitrogens with zero attached hydrogens (tertiary/aromatic N) is 3. The highest BCUT2D eigenvalue weighted by molar-refractivity contribution is 5.97. The molecule has 0 spiro atoms. The van der Waals surface area contributed by atoms with Gasteiger partial charge >= 0.3 is 0 Å². The summed E-state index contributed by atoms with van der Waals surface area (Å²) in [5.41, 5.74) is 3.98. The largest absolute Gasteiger partial charge is 0.472 e. The minimum Gasteiger partial charge on any atom is -0.472 e. The lowest BCUT2D eigenvalue weighted by atomic mass is 10.1. The molecular formula is C19H17N5O. The van der Waals surface area contributed by atoms with Crippen molar-refractivity contribution in [3.8, 4) is 23.2 Å². The molecule has 2 N–H and O–H groups in total. The number of rotatable bonds is 3. The predicted octanol–water partition coefficient (Wildman–Crippen LogP) is 2.40. The Bertz CT molecular complexity index is 1010. The van der Waals surface area contributed by atoms with Crippen molar-refractivity contribution in [2.24, 2.45) is 11.8 Å². The number of nitriles is 1. The van der Waals surface area contributed by atoms with Crippen LogP contribution in [0.2, 0.25) is 0 Å². The van der Waals surface area contributed by atoms with Gasteiger partial charge in [0.2, 0.25) is 5.88 Å². The molecule has 1 aliphatic heterocycles. The maximum atomic E-state index is 9.23. The molecule has 2 aromatic heterocycles. The van der Waals surface area contributed by atoms with Crippen molar-refractivity contribution in [2.75, 3.05) is 13.1 Å². The summed E-state index contributed by atoms with van der Waals surface area (Å²) in [6, 6.07) is 7.89. The van der Waals surface area contributed by atoms with Gasteiger partial charge < -0.3 is 15.0 Å². The lowest BCUT2D eigenvalue weighted by Crippen LogP contribution is -2.20. The summed E-state index contributed by atoms with van der Waals surface area (Å²) >= 11 is 0. The molecule has 6 heteroatoms. The molecule has 124 valence electrons. The van der Waals surface area contributed by atoms with Gasteiger partial charge in [-0.2, -0.15) is 5.26 Å². The predicted molar refractivity (Wildman–Crippen MR) is 93.0 cm³/mol. The van der Waals surface area contributed by atoms with Crippen LogP contribution in [-0.2, 0) is 0 Å². The highest BCUT2D eigenvalue weighted by Gasteiger charge is 2.55. The van der Waals surface area contributed by atoms with Gasteiger partial charge in [0.1, 0.15) is 17.9 Å². The summed E-state index contributed by atoms with van der Waals surface area (Å²) in [6.07, 6.45) is 3.92. The van der Waals surface area contributed by atoms with Gasteiger partial charge in [-0.3, -0.25) is 0 Å². The lowest BCUT2D eigenvalue weighted by Gasteiger charge is -2.10. The quantitative estimate of drug-likeness (QED) is 0.769. The zero-order valence-corrected chi connectivity index (χ0v) is 13.8. The van der Waals surface area contributed by atoms with E-state index in [9.17, 15) is 5.26 Å². The number of para-hydroxylation sites is 1.